The van der Waals surface area contributed by atoms with Gasteiger partial charge >= 0.3 is 0 Å². The summed E-state index contributed by atoms with van der Waals surface area (Å²) < 4.78 is 29.2. The summed E-state index contributed by atoms with van der Waals surface area (Å²) >= 11 is 0. The van der Waals surface area contributed by atoms with E-state index in [1.54, 1.807) is 11.9 Å². The predicted octanol–water partition coefficient (Wildman–Crippen LogP) is 5.75. The molecule has 0 aromatic carbocycles. The van der Waals surface area contributed by atoms with Gasteiger partial charge in [-0.1, -0.05) is 47.6 Å². The summed E-state index contributed by atoms with van der Waals surface area (Å²) in [7, 11) is 1.68. The number of nitrogens with zero attached hydrogens (tertiary/aromatic N) is 2. The third kappa shape index (κ3) is 14.9. The summed E-state index contributed by atoms with van der Waals surface area (Å²) in [6.07, 6.45) is 0.262. The number of hydrogen-bond donors (Lipinski definition) is 0. The van der Waals surface area contributed by atoms with E-state index in [0.717, 1.165) is 24.6 Å². The van der Waals surface area contributed by atoms with Crippen molar-refractivity contribution in [3.05, 3.63) is 29.6 Å². The Kier molecular flexibility index (Phi) is 18.6. The Balaban J connectivity index is 0. The Morgan fingerprint density at radius 3 is 2.04 bits per heavy atom. The van der Waals surface area contributed by atoms with Gasteiger partial charge in [0.25, 0.3) is 6.43 Å². The van der Waals surface area contributed by atoms with Crippen LogP contribution in [0.4, 0.5) is 8.78 Å². The smallest absolute Gasteiger partial charge is 0.251 e. The van der Waals surface area contributed by atoms with Crippen LogP contribution >= 0.6 is 0 Å². The van der Waals surface area contributed by atoms with Crippen LogP contribution in [0.25, 0.3) is 0 Å². The maximum absolute atomic E-state index is 12.1. The highest BCUT2D eigenvalue weighted by Crippen LogP contribution is 2.12. The van der Waals surface area contributed by atoms with E-state index < -0.39 is 6.43 Å². The molecule has 3 nitrogen and oxygen atoms in total. The fourth-order valence-corrected chi connectivity index (χ4v) is 1.99. The molecule has 0 aliphatic carbocycles. The quantitative estimate of drug-likeness (QED) is 0.668. The Morgan fingerprint density at radius 2 is 1.64 bits per heavy atom. The van der Waals surface area contributed by atoms with Gasteiger partial charge in [-0.25, -0.2) is 8.78 Å². The highest BCUT2D eigenvalue weighted by Gasteiger charge is 2.09. The van der Waals surface area contributed by atoms with E-state index in [0.29, 0.717) is 12.5 Å². The first-order valence-corrected chi connectivity index (χ1v) is 9.49. The molecule has 1 saturated heterocycles. The summed E-state index contributed by atoms with van der Waals surface area (Å²) in [4.78, 5) is 6.01. The fraction of sp³-hybridized carbons (Fsp3) is 0.750. The number of aromatic nitrogens is 1. The highest BCUT2D eigenvalue weighted by molar-refractivity contribution is 5.13. The maximum Gasteiger partial charge on any atom is 0.251 e. The molecule has 0 atom stereocenters. The van der Waals surface area contributed by atoms with Crippen molar-refractivity contribution < 1.29 is 13.5 Å². The number of halogens is 2. The lowest BCUT2D eigenvalue weighted by Crippen LogP contribution is -2.24. The van der Waals surface area contributed by atoms with Crippen molar-refractivity contribution in [2.45, 2.75) is 73.3 Å². The normalized spacial score (nSPS) is 12.8. The molecule has 0 bridgehead atoms. The number of hydrogen-bond acceptors (Lipinski definition) is 3. The number of alkyl halides is 2. The van der Waals surface area contributed by atoms with E-state index in [1.807, 2.05) is 45.9 Å². The van der Waals surface area contributed by atoms with Gasteiger partial charge in [0.05, 0.1) is 12.2 Å². The van der Waals surface area contributed by atoms with E-state index >= 15 is 0 Å². The molecular formula is C20H38F2N2O. The fourth-order valence-electron chi connectivity index (χ4n) is 1.99. The van der Waals surface area contributed by atoms with Crippen LogP contribution in [-0.2, 0) is 11.3 Å². The van der Waals surface area contributed by atoms with Gasteiger partial charge in [-0.05, 0) is 37.9 Å². The van der Waals surface area contributed by atoms with Crippen molar-refractivity contribution in [2.75, 3.05) is 26.8 Å². The molecule has 1 aromatic rings. The first-order chi connectivity index (χ1) is 12.0. The number of pyridine rings is 1. The molecule has 1 fully saturated rings. The second-order valence-corrected chi connectivity index (χ2v) is 5.62. The molecule has 1 aromatic heterocycles. The van der Waals surface area contributed by atoms with Gasteiger partial charge in [-0.3, -0.25) is 9.88 Å². The van der Waals surface area contributed by atoms with Crippen molar-refractivity contribution in [1.82, 2.24) is 9.88 Å². The lowest BCUT2D eigenvalue weighted by Gasteiger charge is -2.16. The Labute approximate surface area is 153 Å². The molecule has 2 heterocycles. The predicted molar refractivity (Wildman–Crippen MR) is 103 cm³/mol. The molecule has 25 heavy (non-hydrogen) atoms. The van der Waals surface area contributed by atoms with E-state index in [1.165, 1.54) is 12.8 Å². The van der Waals surface area contributed by atoms with Crippen LogP contribution in [0.3, 0.4) is 0 Å². The van der Waals surface area contributed by atoms with Gasteiger partial charge in [0.1, 0.15) is 0 Å². The molecule has 1 aliphatic heterocycles. The van der Waals surface area contributed by atoms with Crippen LogP contribution < -0.4 is 0 Å². The molecule has 148 valence electrons. The van der Waals surface area contributed by atoms with Crippen molar-refractivity contribution in [3.63, 3.8) is 0 Å². The minimum atomic E-state index is -2.29. The minimum Gasteiger partial charge on any atom is -0.381 e. The SMILES string of the molecule is C1CCOC1.CC.CC.CC(C)c1cccc(CN(C)CC(F)F)n1. The van der Waals surface area contributed by atoms with Gasteiger partial charge in [0.2, 0.25) is 0 Å². The molecule has 0 radical (unpaired) electrons. The molecular weight excluding hydrogens is 322 g/mol. The zero-order chi connectivity index (χ0) is 19.7. The van der Waals surface area contributed by atoms with Gasteiger partial charge < -0.3 is 4.74 Å². The van der Waals surface area contributed by atoms with Crippen molar-refractivity contribution in [1.29, 1.82) is 0 Å². The first kappa shape index (κ1) is 26.2. The van der Waals surface area contributed by atoms with Crippen LogP contribution in [0.5, 0.6) is 0 Å². The zero-order valence-electron chi connectivity index (χ0n) is 17.2. The van der Waals surface area contributed by atoms with Crippen molar-refractivity contribution in [2.24, 2.45) is 0 Å². The zero-order valence-corrected chi connectivity index (χ0v) is 17.2. The Morgan fingerprint density at radius 1 is 1.08 bits per heavy atom. The monoisotopic (exact) mass is 360 g/mol. The largest absolute Gasteiger partial charge is 0.381 e. The minimum absolute atomic E-state index is 0.215. The second-order valence-electron chi connectivity index (χ2n) is 5.62. The topological polar surface area (TPSA) is 25.4 Å². The summed E-state index contributed by atoms with van der Waals surface area (Å²) in [6.45, 7) is 14.4. The molecule has 0 unspecified atom stereocenters. The van der Waals surface area contributed by atoms with Gasteiger partial charge in [-0.15, -0.1) is 0 Å². The Hall–Kier alpha value is -1.07. The second kappa shape index (κ2) is 17.7. The number of ether oxygens (including phenoxy) is 1. The summed E-state index contributed by atoms with van der Waals surface area (Å²) in [5.41, 5.74) is 1.84. The van der Waals surface area contributed by atoms with Gasteiger partial charge in [0, 0.05) is 25.5 Å². The molecule has 0 amide bonds. The van der Waals surface area contributed by atoms with Crippen LogP contribution in [0.15, 0.2) is 18.2 Å². The van der Waals surface area contributed by atoms with Crippen LogP contribution in [0.1, 0.15) is 71.7 Å². The summed E-state index contributed by atoms with van der Waals surface area (Å²) in [5, 5.41) is 0. The maximum atomic E-state index is 12.1. The van der Waals surface area contributed by atoms with E-state index in [4.69, 9.17) is 4.74 Å². The lowest BCUT2D eigenvalue weighted by atomic mass is 10.1. The third-order valence-electron chi connectivity index (χ3n) is 3.13. The van der Waals surface area contributed by atoms with Crippen LogP contribution in [0, 0.1) is 0 Å². The van der Waals surface area contributed by atoms with Crippen LogP contribution in [0.2, 0.25) is 0 Å². The average molecular weight is 361 g/mol. The molecule has 0 saturated carbocycles. The standard InChI is InChI=1S/C12H18F2N2.C4H8O.2C2H6/c1-9(2)11-6-4-5-10(15-11)7-16(3)8-12(13)14;1-2-4-5-3-1;2*1-2/h4-6,9,12H,7-8H2,1-3H3;1-4H2;2*1-2H3. The van der Waals surface area contributed by atoms with Gasteiger partial charge in [-0.2, -0.15) is 0 Å². The first-order valence-electron chi connectivity index (χ1n) is 9.49. The molecule has 1 aliphatic rings. The molecule has 2 rings (SSSR count). The average Bonchev–Trinajstić information content (AvgIpc) is 3.18. The lowest BCUT2D eigenvalue weighted by molar-refractivity contribution is 0.0970. The van der Waals surface area contributed by atoms with Gasteiger partial charge in [0.15, 0.2) is 0 Å². The molecule has 0 N–H and O–H groups in total. The molecule has 0 spiro atoms. The highest BCUT2D eigenvalue weighted by atomic mass is 19.3. The van der Waals surface area contributed by atoms with E-state index in [2.05, 4.69) is 18.8 Å². The summed E-state index contributed by atoms with van der Waals surface area (Å²) in [6, 6.07) is 5.75. The van der Waals surface area contributed by atoms with Crippen molar-refractivity contribution in [3.8, 4) is 0 Å². The van der Waals surface area contributed by atoms with Crippen LogP contribution in [-0.4, -0.2) is 43.1 Å². The Bertz CT molecular complexity index is 389. The van der Waals surface area contributed by atoms with E-state index in [-0.39, 0.29) is 6.54 Å². The summed E-state index contributed by atoms with van der Waals surface area (Å²) in [5.74, 6) is 0.361. The van der Waals surface area contributed by atoms with Crippen molar-refractivity contribution >= 4 is 0 Å². The molecule has 5 heteroatoms. The third-order valence-corrected chi connectivity index (χ3v) is 3.13. The van der Waals surface area contributed by atoms with E-state index in [9.17, 15) is 8.78 Å². The number of rotatable bonds is 5.